The van der Waals surface area contributed by atoms with Gasteiger partial charge in [0, 0.05) is 11.3 Å². The third-order valence-electron chi connectivity index (χ3n) is 2.65. The lowest BCUT2D eigenvalue weighted by Crippen LogP contribution is -2.16. The average molecular weight is 260 g/mol. The normalized spacial score (nSPS) is 10.2. The number of aromatic nitrogens is 2. The number of carbonyl (C=O) groups is 1. The van der Waals surface area contributed by atoms with E-state index in [1.165, 1.54) is 0 Å². The van der Waals surface area contributed by atoms with Crippen molar-refractivity contribution in [2.24, 2.45) is 0 Å². The molecule has 0 unspecified atom stereocenters. The molecule has 1 heterocycles. The van der Waals surface area contributed by atoms with Crippen molar-refractivity contribution in [1.82, 2.24) is 10.2 Å². The molecule has 1 amide bonds. The van der Waals surface area contributed by atoms with Gasteiger partial charge in [-0.25, -0.2) is 0 Å². The zero-order valence-electron chi connectivity index (χ0n) is 10.9. The molecular weight excluding hydrogens is 244 g/mol. The lowest BCUT2D eigenvalue weighted by Gasteiger charge is -2.12. The van der Waals surface area contributed by atoms with E-state index in [4.69, 9.17) is 10.5 Å². The molecule has 100 valence electrons. The van der Waals surface area contributed by atoms with E-state index in [1.54, 1.807) is 24.4 Å². The summed E-state index contributed by atoms with van der Waals surface area (Å²) in [5.41, 5.74) is 7.41. The Bertz CT molecular complexity index is 592. The largest absolute Gasteiger partial charge is 0.493 e. The molecule has 6 nitrogen and oxygen atoms in total. The van der Waals surface area contributed by atoms with Crippen LogP contribution < -0.4 is 15.8 Å². The Kier molecular flexibility index (Phi) is 3.70. The van der Waals surface area contributed by atoms with Crippen LogP contribution in [0.15, 0.2) is 24.4 Å². The molecule has 0 saturated carbocycles. The molecule has 0 aliphatic rings. The summed E-state index contributed by atoms with van der Waals surface area (Å²) in [6.45, 7) is 4.16. The molecule has 4 N–H and O–H groups in total. The minimum absolute atomic E-state index is 0.325. The minimum atomic E-state index is -0.325. The SMILES string of the molecule is CCOc1cccc(N)c1C(=O)Nc1[nH]ncc1C. The van der Waals surface area contributed by atoms with Crippen molar-refractivity contribution in [3.8, 4) is 5.75 Å². The van der Waals surface area contributed by atoms with Gasteiger partial charge in [0.05, 0.1) is 12.8 Å². The average Bonchev–Trinajstić information content (AvgIpc) is 2.75. The fourth-order valence-corrected chi connectivity index (χ4v) is 1.72. The summed E-state index contributed by atoms with van der Waals surface area (Å²) in [5, 5.41) is 9.29. The second kappa shape index (κ2) is 5.43. The van der Waals surface area contributed by atoms with Gasteiger partial charge < -0.3 is 15.8 Å². The number of aryl methyl sites for hydroxylation is 1. The number of hydrogen-bond donors (Lipinski definition) is 3. The Labute approximate surface area is 111 Å². The first-order valence-corrected chi connectivity index (χ1v) is 5.96. The number of aromatic amines is 1. The van der Waals surface area contributed by atoms with Gasteiger partial charge in [0.2, 0.25) is 0 Å². The maximum atomic E-state index is 12.3. The van der Waals surface area contributed by atoms with Crippen LogP contribution in [-0.2, 0) is 0 Å². The van der Waals surface area contributed by atoms with E-state index in [2.05, 4.69) is 15.5 Å². The van der Waals surface area contributed by atoms with Gasteiger partial charge in [-0.3, -0.25) is 9.89 Å². The summed E-state index contributed by atoms with van der Waals surface area (Å²) in [7, 11) is 0. The zero-order valence-corrected chi connectivity index (χ0v) is 10.9. The second-order valence-electron chi connectivity index (χ2n) is 4.04. The van der Waals surface area contributed by atoms with Crippen LogP contribution in [0.3, 0.4) is 0 Å². The summed E-state index contributed by atoms with van der Waals surface area (Å²) in [6, 6.07) is 5.13. The van der Waals surface area contributed by atoms with E-state index >= 15 is 0 Å². The molecule has 0 aliphatic carbocycles. The number of carbonyl (C=O) groups excluding carboxylic acids is 1. The fraction of sp³-hybridized carbons (Fsp3) is 0.231. The van der Waals surface area contributed by atoms with Crippen molar-refractivity contribution in [2.75, 3.05) is 17.7 Å². The molecule has 0 spiro atoms. The summed E-state index contributed by atoms with van der Waals surface area (Å²) >= 11 is 0. The zero-order chi connectivity index (χ0) is 13.8. The highest BCUT2D eigenvalue weighted by Gasteiger charge is 2.17. The number of nitrogens with two attached hydrogens (primary N) is 1. The number of amides is 1. The lowest BCUT2D eigenvalue weighted by atomic mass is 10.1. The minimum Gasteiger partial charge on any atom is -0.493 e. The van der Waals surface area contributed by atoms with E-state index in [0.29, 0.717) is 29.4 Å². The van der Waals surface area contributed by atoms with Crippen LogP contribution in [0.1, 0.15) is 22.8 Å². The Morgan fingerprint density at radius 2 is 2.32 bits per heavy atom. The van der Waals surface area contributed by atoms with Crippen LogP contribution in [0.25, 0.3) is 0 Å². The van der Waals surface area contributed by atoms with Crippen LogP contribution in [0.2, 0.25) is 0 Å². The van der Waals surface area contributed by atoms with Gasteiger partial charge in [-0.15, -0.1) is 0 Å². The van der Waals surface area contributed by atoms with Gasteiger partial charge >= 0.3 is 0 Å². The number of anilines is 2. The number of hydrogen-bond acceptors (Lipinski definition) is 4. The van der Waals surface area contributed by atoms with E-state index in [0.717, 1.165) is 5.56 Å². The van der Waals surface area contributed by atoms with Crippen LogP contribution in [0, 0.1) is 6.92 Å². The molecule has 19 heavy (non-hydrogen) atoms. The fourth-order valence-electron chi connectivity index (χ4n) is 1.72. The van der Waals surface area contributed by atoms with Crippen molar-refractivity contribution in [3.63, 3.8) is 0 Å². The van der Waals surface area contributed by atoms with Gasteiger partial charge in [0.25, 0.3) is 5.91 Å². The summed E-state index contributed by atoms with van der Waals surface area (Å²) < 4.78 is 5.42. The van der Waals surface area contributed by atoms with E-state index in [1.807, 2.05) is 13.8 Å². The first-order valence-electron chi connectivity index (χ1n) is 5.96. The van der Waals surface area contributed by atoms with Gasteiger partial charge in [-0.1, -0.05) is 6.07 Å². The number of nitrogens with zero attached hydrogens (tertiary/aromatic N) is 1. The van der Waals surface area contributed by atoms with Crippen molar-refractivity contribution in [1.29, 1.82) is 0 Å². The Morgan fingerprint density at radius 3 is 2.95 bits per heavy atom. The Balaban J connectivity index is 2.30. The van der Waals surface area contributed by atoms with Crippen LogP contribution in [0.5, 0.6) is 5.75 Å². The van der Waals surface area contributed by atoms with Crippen LogP contribution >= 0.6 is 0 Å². The monoisotopic (exact) mass is 260 g/mol. The van der Waals surface area contributed by atoms with E-state index in [-0.39, 0.29) is 5.91 Å². The maximum absolute atomic E-state index is 12.3. The predicted molar refractivity (Wildman–Crippen MR) is 73.3 cm³/mol. The number of benzene rings is 1. The molecule has 2 rings (SSSR count). The molecule has 1 aromatic heterocycles. The quantitative estimate of drug-likeness (QED) is 0.732. The van der Waals surface area contributed by atoms with Crippen LogP contribution in [0.4, 0.5) is 11.5 Å². The second-order valence-corrected chi connectivity index (χ2v) is 4.04. The predicted octanol–water partition coefficient (Wildman–Crippen LogP) is 1.95. The number of nitrogen functional groups attached to an aromatic ring is 1. The third kappa shape index (κ3) is 2.67. The Morgan fingerprint density at radius 1 is 1.53 bits per heavy atom. The Hall–Kier alpha value is -2.50. The van der Waals surface area contributed by atoms with E-state index in [9.17, 15) is 4.79 Å². The van der Waals surface area contributed by atoms with Crippen LogP contribution in [-0.4, -0.2) is 22.7 Å². The molecule has 0 fully saturated rings. The topological polar surface area (TPSA) is 93.0 Å². The van der Waals surface area contributed by atoms with Crippen molar-refractivity contribution >= 4 is 17.4 Å². The molecular formula is C13H16N4O2. The van der Waals surface area contributed by atoms with E-state index < -0.39 is 0 Å². The molecule has 1 aromatic carbocycles. The summed E-state index contributed by atoms with van der Waals surface area (Å²) in [5.74, 6) is 0.696. The van der Waals surface area contributed by atoms with Crippen molar-refractivity contribution < 1.29 is 9.53 Å². The highest BCUT2D eigenvalue weighted by molar-refractivity contribution is 6.09. The lowest BCUT2D eigenvalue weighted by molar-refractivity contribution is 0.102. The first kappa shape index (κ1) is 12.9. The van der Waals surface area contributed by atoms with Gasteiger partial charge in [-0.2, -0.15) is 5.10 Å². The number of H-pyrrole nitrogens is 1. The third-order valence-corrected chi connectivity index (χ3v) is 2.65. The summed E-state index contributed by atoms with van der Waals surface area (Å²) in [6.07, 6.45) is 1.63. The molecule has 0 radical (unpaired) electrons. The maximum Gasteiger partial charge on any atom is 0.262 e. The summed E-state index contributed by atoms with van der Waals surface area (Å²) in [4.78, 5) is 12.3. The highest BCUT2D eigenvalue weighted by atomic mass is 16.5. The molecule has 0 saturated heterocycles. The standard InChI is InChI=1S/C13H16N4O2/c1-3-19-10-6-4-5-9(14)11(10)13(18)16-12-8(2)7-15-17-12/h4-7H,3,14H2,1-2H3,(H2,15,16,17,18). The molecule has 0 atom stereocenters. The molecule has 2 aromatic rings. The van der Waals surface area contributed by atoms with Gasteiger partial charge in [0.15, 0.2) is 0 Å². The number of rotatable bonds is 4. The first-order chi connectivity index (χ1) is 9.13. The van der Waals surface area contributed by atoms with Gasteiger partial charge in [0.1, 0.15) is 17.1 Å². The van der Waals surface area contributed by atoms with Crippen molar-refractivity contribution in [2.45, 2.75) is 13.8 Å². The smallest absolute Gasteiger partial charge is 0.262 e. The molecule has 0 aliphatic heterocycles. The molecule has 6 heteroatoms. The van der Waals surface area contributed by atoms with Gasteiger partial charge in [-0.05, 0) is 26.0 Å². The highest BCUT2D eigenvalue weighted by Crippen LogP contribution is 2.25. The molecule has 0 bridgehead atoms. The van der Waals surface area contributed by atoms with Crippen molar-refractivity contribution in [3.05, 3.63) is 35.5 Å². The number of ether oxygens (including phenoxy) is 1. The number of nitrogens with one attached hydrogen (secondary N) is 2.